The molecule has 0 heterocycles. The third-order valence-electron chi connectivity index (χ3n) is 4.43. The lowest BCUT2D eigenvalue weighted by Gasteiger charge is -2.20. The van der Waals surface area contributed by atoms with Crippen LogP contribution < -0.4 is 0 Å². The summed E-state index contributed by atoms with van der Waals surface area (Å²) in [7, 11) is 0. The second kappa shape index (κ2) is 9.03. The Hall–Kier alpha value is -2.60. The Balaban J connectivity index is 0.00000312. The van der Waals surface area contributed by atoms with Crippen molar-refractivity contribution in [2.24, 2.45) is 0 Å². The smallest absolute Gasteiger partial charge is 0.00674 e. The third-order valence-corrected chi connectivity index (χ3v) is 4.43. The zero-order valence-corrected chi connectivity index (χ0v) is 15.2. The molecule has 2 aromatic carbocycles. The fourth-order valence-corrected chi connectivity index (χ4v) is 3.26. The summed E-state index contributed by atoms with van der Waals surface area (Å²) in [5.74, 6) is 0. The van der Waals surface area contributed by atoms with Crippen molar-refractivity contribution in [3.8, 4) is 0 Å². The number of aryl methyl sites for hydroxylation is 1. The molecule has 0 heteroatoms. The Morgan fingerprint density at radius 2 is 1.60 bits per heavy atom. The quantitative estimate of drug-likeness (QED) is 0.487. The van der Waals surface area contributed by atoms with E-state index in [1.165, 1.54) is 44.2 Å². The van der Waals surface area contributed by atoms with Gasteiger partial charge in [-0.05, 0) is 71.9 Å². The van der Waals surface area contributed by atoms with Gasteiger partial charge in [0.2, 0.25) is 0 Å². The molecule has 130 valence electrons. The summed E-state index contributed by atoms with van der Waals surface area (Å²) in [6.07, 6.45) is 12.4. The first-order chi connectivity index (χ1) is 11.6. The molecular formula is C25H30. The van der Waals surface area contributed by atoms with Gasteiger partial charge in [0.05, 0.1) is 0 Å². The Bertz CT molecular complexity index is 871. The zero-order valence-electron chi connectivity index (χ0n) is 15.2. The molecule has 0 aliphatic heterocycles. The Morgan fingerprint density at radius 3 is 2.12 bits per heavy atom. The van der Waals surface area contributed by atoms with Crippen LogP contribution in [0.25, 0.3) is 28.5 Å². The monoisotopic (exact) mass is 330 g/mol. The largest absolute Gasteiger partial charge is 0.0988 e. The van der Waals surface area contributed by atoms with E-state index in [9.17, 15) is 0 Å². The zero-order chi connectivity index (χ0) is 17.7. The minimum Gasteiger partial charge on any atom is -0.0988 e. The van der Waals surface area contributed by atoms with Crippen LogP contribution in [-0.2, 0) is 0 Å². The second-order valence-corrected chi connectivity index (χ2v) is 5.88. The van der Waals surface area contributed by atoms with Crippen LogP contribution in [0.2, 0.25) is 0 Å². The molecule has 0 atom stereocenters. The molecule has 0 saturated heterocycles. The lowest BCUT2D eigenvalue weighted by atomic mass is 9.84. The number of hydrogen-bond acceptors (Lipinski definition) is 0. The fraction of sp³-hybridized carbons (Fsp3) is 0.200. The van der Waals surface area contributed by atoms with Crippen LogP contribution in [0.15, 0.2) is 67.3 Å². The summed E-state index contributed by atoms with van der Waals surface area (Å²) in [5, 5.41) is 2.55. The molecule has 0 aliphatic carbocycles. The Labute approximate surface area is 153 Å². The van der Waals surface area contributed by atoms with Crippen molar-refractivity contribution >= 4 is 28.5 Å². The average molecular weight is 331 g/mol. The number of benzene rings is 2. The summed E-state index contributed by atoms with van der Waals surface area (Å²) in [4.78, 5) is 0. The van der Waals surface area contributed by atoms with Gasteiger partial charge >= 0.3 is 0 Å². The highest BCUT2D eigenvalue weighted by Crippen LogP contribution is 2.37. The molecule has 0 spiro atoms. The van der Waals surface area contributed by atoms with Crippen molar-refractivity contribution in [2.45, 2.75) is 35.1 Å². The highest BCUT2D eigenvalue weighted by Gasteiger charge is 2.16. The first-order valence-electron chi connectivity index (χ1n) is 8.37. The molecule has 0 saturated carbocycles. The van der Waals surface area contributed by atoms with Crippen molar-refractivity contribution in [3.05, 3.63) is 89.6 Å². The van der Waals surface area contributed by atoms with Gasteiger partial charge in [-0.15, -0.1) is 0 Å². The predicted octanol–water partition coefficient (Wildman–Crippen LogP) is 8.00. The molecule has 0 aliphatic rings. The average Bonchev–Trinajstić information content (AvgIpc) is 2.61. The molecule has 0 bridgehead atoms. The van der Waals surface area contributed by atoms with E-state index in [-0.39, 0.29) is 7.43 Å². The summed E-state index contributed by atoms with van der Waals surface area (Å²) >= 11 is 0. The van der Waals surface area contributed by atoms with Gasteiger partial charge in [-0.3, -0.25) is 0 Å². The van der Waals surface area contributed by atoms with Gasteiger partial charge < -0.3 is 0 Å². The summed E-state index contributed by atoms with van der Waals surface area (Å²) in [6, 6.07) is 8.59. The maximum atomic E-state index is 4.10. The van der Waals surface area contributed by atoms with E-state index in [1.54, 1.807) is 0 Å². The first kappa shape index (κ1) is 20.4. The molecule has 2 rings (SSSR count). The van der Waals surface area contributed by atoms with Crippen molar-refractivity contribution < 1.29 is 0 Å². The van der Waals surface area contributed by atoms with Gasteiger partial charge in [0.25, 0.3) is 0 Å². The van der Waals surface area contributed by atoms with Crippen LogP contribution in [0.1, 0.15) is 50.5 Å². The number of hydrogen-bond donors (Lipinski definition) is 0. The van der Waals surface area contributed by atoms with Crippen LogP contribution in [-0.4, -0.2) is 0 Å². The van der Waals surface area contributed by atoms with E-state index in [1.807, 2.05) is 19.1 Å². The molecule has 25 heavy (non-hydrogen) atoms. The van der Waals surface area contributed by atoms with Gasteiger partial charge in [-0.2, -0.15) is 0 Å². The standard InChI is InChI=1S/C24H26.CH4/c1-7-13-20(17(5)9-3)24-18(6)21-15-11-12-16-23(21)22(14-8-2)19(24)10-4;/h7-16H,3-4H2,1-2,5-6H3;1H4/b13-7-,14-8-,20-17+;. The van der Waals surface area contributed by atoms with E-state index in [4.69, 9.17) is 0 Å². The van der Waals surface area contributed by atoms with E-state index >= 15 is 0 Å². The maximum absolute atomic E-state index is 4.10. The highest BCUT2D eigenvalue weighted by molar-refractivity contribution is 6.02. The van der Waals surface area contributed by atoms with Gasteiger partial charge in [-0.1, -0.05) is 81.3 Å². The Kier molecular flexibility index (Phi) is 7.39. The normalized spacial score (nSPS) is 12.3. The first-order valence-corrected chi connectivity index (χ1v) is 8.37. The van der Waals surface area contributed by atoms with Crippen molar-refractivity contribution in [3.63, 3.8) is 0 Å². The van der Waals surface area contributed by atoms with Gasteiger partial charge in [0.1, 0.15) is 0 Å². The summed E-state index contributed by atoms with van der Waals surface area (Å²) < 4.78 is 0. The lowest BCUT2D eigenvalue weighted by molar-refractivity contribution is 1.42. The Morgan fingerprint density at radius 1 is 0.960 bits per heavy atom. The van der Waals surface area contributed by atoms with E-state index < -0.39 is 0 Å². The summed E-state index contributed by atoms with van der Waals surface area (Å²) in [5.41, 5.74) is 7.30. The molecule has 0 amide bonds. The van der Waals surface area contributed by atoms with Gasteiger partial charge in [0, 0.05) is 0 Å². The molecule has 0 nitrogen and oxygen atoms in total. The lowest BCUT2D eigenvalue weighted by Crippen LogP contribution is -1.99. The van der Waals surface area contributed by atoms with Gasteiger partial charge in [0.15, 0.2) is 0 Å². The molecule has 0 unspecified atom stereocenters. The van der Waals surface area contributed by atoms with E-state index in [0.29, 0.717) is 0 Å². The molecule has 0 N–H and O–H groups in total. The number of fused-ring (bicyclic) bond motifs is 1. The van der Waals surface area contributed by atoms with Crippen LogP contribution in [0, 0.1) is 6.92 Å². The van der Waals surface area contributed by atoms with Crippen molar-refractivity contribution in [1.29, 1.82) is 0 Å². The van der Waals surface area contributed by atoms with E-state index in [0.717, 1.165) is 0 Å². The topological polar surface area (TPSA) is 0 Å². The van der Waals surface area contributed by atoms with Gasteiger partial charge in [-0.25, -0.2) is 0 Å². The minimum atomic E-state index is 0. The molecule has 0 aromatic heterocycles. The predicted molar refractivity (Wildman–Crippen MR) is 118 cm³/mol. The molecule has 2 aromatic rings. The second-order valence-electron chi connectivity index (χ2n) is 5.88. The van der Waals surface area contributed by atoms with Crippen LogP contribution in [0.5, 0.6) is 0 Å². The van der Waals surface area contributed by atoms with E-state index in [2.05, 4.69) is 82.5 Å². The minimum absolute atomic E-state index is 0. The molecular weight excluding hydrogens is 300 g/mol. The fourth-order valence-electron chi connectivity index (χ4n) is 3.26. The van der Waals surface area contributed by atoms with Crippen LogP contribution >= 0.6 is 0 Å². The SMILES string of the molecule is C.C=C/C(C)=C(\C=C/C)c1c(C=C)c(/C=C\C)c2ccccc2c1C. The molecule has 0 fully saturated rings. The number of allylic oxidation sites excluding steroid dienone is 6. The highest BCUT2D eigenvalue weighted by atomic mass is 14.2. The third kappa shape index (κ3) is 3.74. The van der Waals surface area contributed by atoms with Crippen LogP contribution in [0.3, 0.4) is 0 Å². The summed E-state index contributed by atoms with van der Waals surface area (Å²) in [6.45, 7) is 16.5. The maximum Gasteiger partial charge on any atom is -0.00674 e. The van der Waals surface area contributed by atoms with Crippen LogP contribution in [0.4, 0.5) is 0 Å². The van der Waals surface area contributed by atoms with Crippen molar-refractivity contribution in [1.82, 2.24) is 0 Å². The number of rotatable bonds is 5. The van der Waals surface area contributed by atoms with Crippen molar-refractivity contribution in [2.75, 3.05) is 0 Å². The molecule has 0 radical (unpaired) electrons.